The fourth-order valence-corrected chi connectivity index (χ4v) is 4.68. The van der Waals surface area contributed by atoms with Gasteiger partial charge in [0.15, 0.2) is 23.0 Å². The summed E-state index contributed by atoms with van der Waals surface area (Å²) in [6.07, 6.45) is 2.16. The van der Waals surface area contributed by atoms with E-state index in [0.717, 1.165) is 50.1 Å². The second kappa shape index (κ2) is 7.42. The summed E-state index contributed by atoms with van der Waals surface area (Å²) in [4.78, 5) is 0. The van der Waals surface area contributed by atoms with Gasteiger partial charge < -0.3 is 23.5 Å². The van der Waals surface area contributed by atoms with Crippen molar-refractivity contribution in [2.75, 3.05) is 21.0 Å². The van der Waals surface area contributed by atoms with Crippen molar-refractivity contribution in [3.63, 3.8) is 0 Å². The minimum absolute atomic E-state index is 0.264. The Balaban J connectivity index is 1.52. The van der Waals surface area contributed by atoms with Crippen LogP contribution < -0.4 is 18.9 Å². The fraction of sp³-hybridized carbons (Fsp3) is 0.167. The van der Waals surface area contributed by atoms with Crippen LogP contribution in [0.5, 0.6) is 23.0 Å². The Morgan fingerprint density at radius 2 is 1.72 bits per heavy atom. The highest BCUT2D eigenvalue weighted by Crippen LogP contribution is 2.40. The molecule has 7 nitrogen and oxygen atoms in total. The molecule has 0 spiro atoms. The van der Waals surface area contributed by atoms with Crippen LogP contribution in [0.15, 0.2) is 54.7 Å². The molecular weight excluding hydrogens is 426 g/mol. The van der Waals surface area contributed by atoms with Gasteiger partial charge in [0.2, 0.25) is 6.79 Å². The van der Waals surface area contributed by atoms with Gasteiger partial charge in [0.25, 0.3) is 0 Å². The highest BCUT2D eigenvalue weighted by Gasteiger charge is 2.18. The Morgan fingerprint density at radius 3 is 2.59 bits per heavy atom. The smallest absolute Gasteiger partial charge is 0.231 e. The number of hydrogen-bond donors (Lipinski definition) is 0. The molecule has 2 aromatic heterocycles. The summed E-state index contributed by atoms with van der Waals surface area (Å²) < 4.78 is 33.1. The van der Waals surface area contributed by atoms with Crippen LogP contribution in [0.4, 0.5) is 0 Å². The fourth-order valence-electron chi connectivity index (χ4n) is 4.16. The van der Waals surface area contributed by atoms with E-state index < -0.39 is 0 Å². The number of rotatable bonds is 5. The summed E-state index contributed by atoms with van der Waals surface area (Å²) in [6, 6.07) is 16.3. The SMILES string of the molecule is COc1cc2c(-c3ccc4nsnc4c3)cn(Cc3ccc4c(c3)OCO4)c2cc1OC. The minimum Gasteiger partial charge on any atom is -0.493 e. The number of fused-ring (bicyclic) bond motifs is 3. The van der Waals surface area contributed by atoms with Crippen molar-refractivity contribution in [3.05, 3.63) is 60.3 Å². The lowest BCUT2D eigenvalue weighted by Crippen LogP contribution is -1.99. The standard InChI is InChI=1S/C24H19N3O4S/c1-28-22-9-16-17(15-4-5-18-19(8-15)26-32-25-18)12-27(20(16)10-23(22)29-2)11-14-3-6-21-24(7-14)31-13-30-21/h3-10,12H,11,13H2,1-2H3. The second-order valence-electron chi connectivity index (χ2n) is 7.55. The number of aromatic nitrogens is 3. The number of benzene rings is 3. The predicted molar refractivity (Wildman–Crippen MR) is 123 cm³/mol. The average molecular weight is 446 g/mol. The van der Waals surface area contributed by atoms with E-state index in [1.54, 1.807) is 14.2 Å². The first-order valence-electron chi connectivity index (χ1n) is 10.1. The van der Waals surface area contributed by atoms with Crippen LogP contribution in [0.2, 0.25) is 0 Å². The molecule has 0 bridgehead atoms. The molecule has 6 rings (SSSR count). The quantitative estimate of drug-likeness (QED) is 0.375. The predicted octanol–water partition coefficient (Wildman–Crippen LogP) is 5.11. The van der Waals surface area contributed by atoms with Crippen LogP contribution >= 0.6 is 11.7 Å². The maximum Gasteiger partial charge on any atom is 0.231 e. The monoisotopic (exact) mass is 445 g/mol. The van der Waals surface area contributed by atoms with Gasteiger partial charge in [-0.15, -0.1) is 0 Å². The van der Waals surface area contributed by atoms with Crippen LogP contribution in [0.3, 0.4) is 0 Å². The van der Waals surface area contributed by atoms with Crippen molar-refractivity contribution in [2.24, 2.45) is 0 Å². The third kappa shape index (κ3) is 3.03. The third-order valence-electron chi connectivity index (χ3n) is 5.74. The van der Waals surface area contributed by atoms with E-state index in [1.807, 2.05) is 30.3 Å². The summed E-state index contributed by atoms with van der Waals surface area (Å²) in [5, 5.41) is 1.07. The summed E-state index contributed by atoms with van der Waals surface area (Å²) >= 11 is 1.22. The summed E-state index contributed by atoms with van der Waals surface area (Å²) in [5.41, 5.74) is 6.13. The van der Waals surface area contributed by atoms with Crippen LogP contribution in [0, 0.1) is 0 Å². The van der Waals surface area contributed by atoms with E-state index in [4.69, 9.17) is 18.9 Å². The van der Waals surface area contributed by atoms with Crippen LogP contribution in [-0.4, -0.2) is 34.3 Å². The first-order chi connectivity index (χ1) is 15.7. The zero-order chi connectivity index (χ0) is 21.7. The molecule has 3 aromatic carbocycles. The molecule has 160 valence electrons. The highest BCUT2D eigenvalue weighted by atomic mass is 32.1. The van der Waals surface area contributed by atoms with Gasteiger partial charge in [0, 0.05) is 29.8 Å². The molecule has 0 aliphatic carbocycles. The number of ether oxygens (including phenoxy) is 4. The molecule has 0 saturated carbocycles. The van der Waals surface area contributed by atoms with Crippen molar-refractivity contribution in [1.29, 1.82) is 0 Å². The molecule has 0 saturated heterocycles. The van der Waals surface area contributed by atoms with E-state index in [2.05, 4.69) is 37.7 Å². The molecule has 8 heteroatoms. The first-order valence-corrected chi connectivity index (χ1v) is 10.8. The molecule has 1 aliphatic rings. The summed E-state index contributed by atoms with van der Waals surface area (Å²) in [7, 11) is 3.30. The van der Waals surface area contributed by atoms with E-state index in [9.17, 15) is 0 Å². The van der Waals surface area contributed by atoms with Gasteiger partial charge >= 0.3 is 0 Å². The van der Waals surface area contributed by atoms with Crippen molar-refractivity contribution < 1.29 is 18.9 Å². The van der Waals surface area contributed by atoms with Crippen molar-refractivity contribution in [2.45, 2.75) is 6.54 Å². The van der Waals surface area contributed by atoms with Gasteiger partial charge in [-0.05, 0) is 41.5 Å². The molecule has 0 unspecified atom stereocenters. The molecule has 0 atom stereocenters. The lowest BCUT2D eigenvalue weighted by Gasteiger charge is -2.10. The van der Waals surface area contributed by atoms with Crippen LogP contribution in [0.25, 0.3) is 33.1 Å². The van der Waals surface area contributed by atoms with Crippen molar-refractivity contribution in [3.8, 4) is 34.1 Å². The average Bonchev–Trinajstić information content (AvgIpc) is 3.56. The summed E-state index contributed by atoms with van der Waals surface area (Å²) in [6.45, 7) is 0.934. The Hall–Kier alpha value is -3.78. The van der Waals surface area contributed by atoms with Crippen LogP contribution in [0.1, 0.15) is 5.56 Å². The molecule has 0 N–H and O–H groups in total. The van der Waals surface area contributed by atoms with E-state index in [1.165, 1.54) is 11.7 Å². The van der Waals surface area contributed by atoms with Gasteiger partial charge in [-0.3, -0.25) is 0 Å². The maximum atomic E-state index is 5.59. The first kappa shape index (κ1) is 18.9. The number of methoxy groups -OCH3 is 2. The van der Waals surface area contributed by atoms with Crippen molar-refractivity contribution >= 4 is 33.7 Å². The van der Waals surface area contributed by atoms with Crippen LogP contribution in [-0.2, 0) is 6.54 Å². The number of nitrogens with zero attached hydrogens (tertiary/aromatic N) is 3. The Morgan fingerprint density at radius 1 is 0.906 bits per heavy atom. The van der Waals surface area contributed by atoms with Gasteiger partial charge in [-0.25, -0.2) is 0 Å². The molecule has 3 heterocycles. The third-order valence-corrected chi connectivity index (χ3v) is 6.30. The Bertz CT molecular complexity index is 1470. The van der Waals surface area contributed by atoms with E-state index in [0.29, 0.717) is 18.0 Å². The van der Waals surface area contributed by atoms with E-state index >= 15 is 0 Å². The summed E-state index contributed by atoms with van der Waals surface area (Å²) in [5.74, 6) is 2.94. The zero-order valence-corrected chi connectivity index (χ0v) is 18.3. The molecule has 1 aliphatic heterocycles. The molecule has 0 amide bonds. The zero-order valence-electron chi connectivity index (χ0n) is 17.5. The lowest BCUT2D eigenvalue weighted by molar-refractivity contribution is 0.174. The lowest BCUT2D eigenvalue weighted by atomic mass is 10.0. The van der Waals surface area contributed by atoms with Gasteiger partial charge in [-0.2, -0.15) is 8.75 Å². The molecule has 32 heavy (non-hydrogen) atoms. The Labute approximate surface area is 188 Å². The Kier molecular flexibility index (Phi) is 4.39. The molecule has 0 radical (unpaired) electrons. The van der Waals surface area contributed by atoms with Gasteiger partial charge in [0.1, 0.15) is 11.0 Å². The molecule has 5 aromatic rings. The molecule has 0 fully saturated rings. The molecular formula is C24H19N3O4S. The van der Waals surface area contributed by atoms with E-state index in [-0.39, 0.29) is 6.79 Å². The topological polar surface area (TPSA) is 67.6 Å². The number of hydrogen-bond acceptors (Lipinski definition) is 7. The van der Waals surface area contributed by atoms with Gasteiger partial charge in [0.05, 0.1) is 31.5 Å². The van der Waals surface area contributed by atoms with Gasteiger partial charge in [-0.1, -0.05) is 12.1 Å². The largest absolute Gasteiger partial charge is 0.493 e. The minimum atomic E-state index is 0.264. The maximum absolute atomic E-state index is 5.59. The van der Waals surface area contributed by atoms with Crippen molar-refractivity contribution in [1.82, 2.24) is 13.3 Å². The second-order valence-corrected chi connectivity index (χ2v) is 8.08. The normalized spacial score (nSPS) is 12.6. The highest BCUT2D eigenvalue weighted by molar-refractivity contribution is 7.00.